The molecule has 0 amide bonds. The smallest absolute Gasteiger partial charge is 0.123 e. The van der Waals surface area contributed by atoms with Gasteiger partial charge in [-0.25, -0.2) is 9.37 Å². The van der Waals surface area contributed by atoms with Crippen molar-refractivity contribution in [3.8, 4) is 10.6 Å². The fourth-order valence-corrected chi connectivity index (χ4v) is 2.37. The first-order valence-corrected chi connectivity index (χ1v) is 6.76. The van der Waals surface area contributed by atoms with Crippen molar-refractivity contribution >= 4 is 11.3 Å². The summed E-state index contributed by atoms with van der Waals surface area (Å²) in [5.41, 5.74) is 1.70. The standard InChI is InChI=1S/C13H15FN2O2S/c14-10-3-1-9(2-4-10)13-16-11(8-19-13)5-15-12(6-17)7-18/h1-4,8,12,15,17-18H,5-7H2. The van der Waals surface area contributed by atoms with Crippen LogP contribution in [0.4, 0.5) is 4.39 Å². The number of aliphatic hydroxyl groups is 2. The molecule has 0 unspecified atom stereocenters. The minimum absolute atomic E-state index is 0.120. The number of rotatable bonds is 6. The number of benzene rings is 1. The van der Waals surface area contributed by atoms with Crippen molar-refractivity contribution in [3.05, 3.63) is 41.2 Å². The van der Waals surface area contributed by atoms with Crippen LogP contribution in [0, 0.1) is 5.82 Å². The molecule has 4 nitrogen and oxygen atoms in total. The molecule has 2 rings (SSSR count). The van der Waals surface area contributed by atoms with E-state index >= 15 is 0 Å². The van der Waals surface area contributed by atoms with E-state index in [1.54, 1.807) is 12.1 Å². The highest BCUT2D eigenvalue weighted by Crippen LogP contribution is 2.23. The van der Waals surface area contributed by atoms with Crippen LogP contribution in [0.3, 0.4) is 0 Å². The van der Waals surface area contributed by atoms with Crippen molar-refractivity contribution < 1.29 is 14.6 Å². The van der Waals surface area contributed by atoms with E-state index in [2.05, 4.69) is 10.3 Å². The molecule has 0 saturated heterocycles. The zero-order valence-electron chi connectivity index (χ0n) is 10.2. The number of aliphatic hydroxyl groups excluding tert-OH is 2. The molecule has 1 heterocycles. The summed E-state index contributed by atoms with van der Waals surface area (Å²) in [6.45, 7) is 0.237. The summed E-state index contributed by atoms with van der Waals surface area (Å²) in [4.78, 5) is 4.42. The predicted octanol–water partition coefficient (Wildman–Crippen LogP) is 1.39. The van der Waals surface area contributed by atoms with Crippen molar-refractivity contribution in [1.82, 2.24) is 10.3 Å². The molecule has 3 N–H and O–H groups in total. The van der Waals surface area contributed by atoms with Gasteiger partial charge in [0, 0.05) is 17.5 Å². The number of nitrogens with zero attached hydrogens (tertiary/aromatic N) is 1. The number of nitrogens with one attached hydrogen (secondary N) is 1. The van der Waals surface area contributed by atoms with Gasteiger partial charge >= 0.3 is 0 Å². The number of halogens is 1. The summed E-state index contributed by atoms with van der Waals surface area (Å²) in [7, 11) is 0. The van der Waals surface area contributed by atoms with E-state index in [0.717, 1.165) is 16.3 Å². The first-order valence-electron chi connectivity index (χ1n) is 5.88. The minimum atomic E-state index is -0.337. The fourth-order valence-electron chi connectivity index (χ4n) is 1.55. The molecule has 2 aromatic rings. The Balaban J connectivity index is 2.01. The first-order chi connectivity index (χ1) is 9.22. The van der Waals surface area contributed by atoms with E-state index in [1.165, 1.54) is 23.5 Å². The molecular formula is C13H15FN2O2S. The lowest BCUT2D eigenvalue weighted by Crippen LogP contribution is -2.35. The van der Waals surface area contributed by atoms with E-state index in [4.69, 9.17) is 10.2 Å². The molecule has 0 aliphatic heterocycles. The van der Waals surface area contributed by atoms with Crippen LogP contribution in [0.2, 0.25) is 0 Å². The summed E-state index contributed by atoms with van der Waals surface area (Å²) in [5, 5.41) is 23.6. The van der Waals surface area contributed by atoms with Crippen LogP contribution >= 0.6 is 11.3 Å². The highest BCUT2D eigenvalue weighted by atomic mass is 32.1. The Labute approximate surface area is 114 Å². The Morgan fingerprint density at radius 3 is 2.53 bits per heavy atom. The summed E-state index contributed by atoms with van der Waals surface area (Å²) in [6, 6.07) is 5.85. The van der Waals surface area contributed by atoms with Crippen LogP contribution in [-0.4, -0.2) is 34.5 Å². The lowest BCUT2D eigenvalue weighted by Gasteiger charge is -2.11. The van der Waals surface area contributed by atoms with Crippen LogP contribution in [0.5, 0.6) is 0 Å². The Bertz CT molecular complexity index is 512. The van der Waals surface area contributed by atoms with Gasteiger partial charge in [0.05, 0.1) is 24.9 Å². The third-order valence-electron chi connectivity index (χ3n) is 2.66. The number of hydrogen-bond donors (Lipinski definition) is 3. The summed E-state index contributed by atoms with van der Waals surface area (Å²) in [6.07, 6.45) is 0. The summed E-state index contributed by atoms with van der Waals surface area (Å²) >= 11 is 1.48. The molecule has 0 atom stereocenters. The zero-order valence-corrected chi connectivity index (χ0v) is 11.0. The van der Waals surface area contributed by atoms with E-state index in [-0.39, 0.29) is 25.1 Å². The van der Waals surface area contributed by atoms with Crippen LogP contribution in [-0.2, 0) is 6.54 Å². The van der Waals surface area contributed by atoms with Gasteiger partial charge in [0.2, 0.25) is 0 Å². The fraction of sp³-hybridized carbons (Fsp3) is 0.308. The molecule has 19 heavy (non-hydrogen) atoms. The molecule has 102 valence electrons. The maximum atomic E-state index is 12.8. The Kier molecular flexibility index (Phi) is 4.98. The van der Waals surface area contributed by atoms with Crippen molar-refractivity contribution in [1.29, 1.82) is 0 Å². The molecule has 0 aliphatic carbocycles. The number of thiazole rings is 1. The lowest BCUT2D eigenvalue weighted by atomic mass is 10.2. The molecule has 0 bridgehead atoms. The van der Waals surface area contributed by atoms with Gasteiger partial charge in [-0.3, -0.25) is 0 Å². The third-order valence-corrected chi connectivity index (χ3v) is 3.60. The average molecular weight is 282 g/mol. The van der Waals surface area contributed by atoms with Gasteiger partial charge in [0.15, 0.2) is 0 Å². The Morgan fingerprint density at radius 2 is 1.89 bits per heavy atom. The van der Waals surface area contributed by atoms with Crippen LogP contribution in [0.15, 0.2) is 29.6 Å². The molecule has 0 saturated carbocycles. The second kappa shape index (κ2) is 6.72. The second-order valence-electron chi connectivity index (χ2n) is 4.09. The third kappa shape index (κ3) is 3.81. The van der Waals surface area contributed by atoms with Gasteiger partial charge < -0.3 is 15.5 Å². The maximum Gasteiger partial charge on any atom is 0.123 e. The average Bonchev–Trinajstić information content (AvgIpc) is 2.89. The highest BCUT2D eigenvalue weighted by Gasteiger charge is 2.08. The van der Waals surface area contributed by atoms with Crippen molar-refractivity contribution in [2.45, 2.75) is 12.6 Å². The monoisotopic (exact) mass is 282 g/mol. The first kappa shape index (κ1) is 14.1. The minimum Gasteiger partial charge on any atom is -0.395 e. The zero-order chi connectivity index (χ0) is 13.7. The van der Waals surface area contributed by atoms with Crippen molar-refractivity contribution in [3.63, 3.8) is 0 Å². The predicted molar refractivity (Wildman–Crippen MR) is 72.3 cm³/mol. The molecule has 1 aromatic carbocycles. The van der Waals surface area contributed by atoms with Gasteiger partial charge in [-0.05, 0) is 24.3 Å². The Morgan fingerprint density at radius 1 is 1.21 bits per heavy atom. The van der Waals surface area contributed by atoms with Gasteiger partial charge in [0.25, 0.3) is 0 Å². The maximum absolute atomic E-state index is 12.8. The second-order valence-corrected chi connectivity index (χ2v) is 4.95. The van der Waals surface area contributed by atoms with Crippen LogP contribution < -0.4 is 5.32 Å². The van der Waals surface area contributed by atoms with Gasteiger partial charge in [-0.15, -0.1) is 11.3 Å². The molecule has 0 fully saturated rings. The molecule has 1 aromatic heterocycles. The molecule has 0 aliphatic rings. The summed E-state index contributed by atoms with van der Waals surface area (Å²) < 4.78 is 12.8. The molecule has 6 heteroatoms. The number of aromatic nitrogens is 1. The normalized spacial score (nSPS) is 11.2. The molecule has 0 radical (unpaired) electrons. The Hall–Kier alpha value is -1.34. The van der Waals surface area contributed by atoms with Crippen LogP contribution in [0.1, 0.15) is 5.69 Å². The lowest BCUT2D eigenvalue weighted by molar-refractivity contribution is 0.170. The van der Waals surface area contributed by atoms with Gasteiger partial charge in [-0.1, -0.05) is 0 Å². The quantitative estimate of drug-likeness (QED) is 0.749. The van der Waals surface area contributed by atoms with E-state index in [0.29, 0.717) is 6.54 Å². The molecule has 0 spiro atoms. The molecular weight excluding hydrogens is 267 g/mol. The SMILES string of the molecule is OCC(CO)NCc1csc(-c2ccc(F)cc2)n1. The van der Waals surface area contributed by atoms with E-state index in [1.807, 2.05) is 5.38 Å². The van der Waals surface area contributed by atoms with Crippen LogP contribution in [0.25, 0.3) is 10.6 Å². The van der Waals surface area contributed by atoms with Crippen molar-refractivity contribution in [2.24, 2.45) is 0 Å². The number of hydrogen-bond acceptors (Lipinski definition) is 5. The largest absolute Gasteiger partial charge is 0.395 e. The van der Waals surface area contributed by atoms with Gasteiger partial charge in [0.1, 0.15) is 10.8 Å². The van der Waals surface area contributed by atoms with E-state index in [9.17, 15) is 4.39 Å². The topological polar surface area (TPSA) is 65.4 Å². The van der Waals surface area contributed by atoms with E-state index < -0.39 is 0 Å². The van der Waals surface area contributed by atoms with Gasteiger partial charge in [-0.2, -0.15) is 0 Å². The van der Waals surface area contributed by atoms with Crippen molar-refractivity contribution in [2.75, 3.05) is 13.2 Å². The highest BCUT2D eigenvalue weighted by molar-refractivity contribution is 7.13. The summed E-state index contributed by atoms with van der Waals surface area (Å²) in [5.74, 6) is -0.268.